The highest BCUT2D eigenvalue weighted by Gasteiger charge is 2.48. The summed E-state index contributed by atoms with van der Waals surface area (Å²) in [5.74, 6) is 1.76. The van der Waals surface area contributed by atoms with Crippen molar-refractivity contribution in [1.82, 2.24) is 0 Å². The van der Waals surface area contributed by atoms with Crippen LogP contribution in [0.25, 0.3) is 0 Å². The Hall–Kier alpha value is -0.340. The standard InChI is InChI=1S/C13H22O2/c1-13(2)11-5-4-10(8-11)12(13)6-7-15-9-14-3/h6,10-11H,4-5,7-9H2,1-3H3/b12-6-. The third kappa shape index (κ3) is 1.98. The molecule has 2 fully saturated rings. The zero-order chi connectivity index (χ0) is 10.9. The average molecular weight is 210 g/mol. The molecule has 2 nitrogen and oxygen atoms in total. The van der Waals surface area contributed by atoms with E-state index < -0.39 is 0 Å². The van der Waals surface area contributed by atoms with E-state index >= 15 is 0 Å². The van der Waals surface area contributed by atoms with E-state index in [1.54, 1.807) is 12.7 Å². The smallest absolute Gasteiger partial charge is 0.146 e. The summed E-state index contributed by atoms with van der Waals surface area (Å²) in [6, 6.07) is 0. The Morgan fingerprint density at radius 2 is 2.20 bits per heavy atom. The third-order valence-corrected chi connectivity index (χ3v) is 4.26. The SMILES string of the molecule is COCOC/C=C1/C2CCC(C2)C1(C)C. The van der Waals surface area contributed by atoms with Crippen LogP contribution in [0.2, 0.25) is 0 Å². The molecule has 2 saturated carbocycles. The van der Waals surface area contributed by atoms with Crippen molar-refractivity contribution in [2.75, 3.05) is 20.5 Å². The predicted octanol–water partition coefficient (Wildman–Crippen LogP) is 2.99. The van der Waals surface area contributed by atoms with Crippen LogP contribution in [0.5, 0.6) is 0 Å². The van der Waals surface area contributed by atoms with Crippen LogP contribution in [0.15, 0.2) is 11.6 Å². The first-order valence-corrected chi connectivity index (χ1v) is 5.93. The normalized spacial score (nSPS) is 35.3. The van der Waals surface area contributed by atoms with E-state index in [1.807, 2.05) is 0 Å². The summed E-state index contributed by atoms with van der Waals surface area (Å²) < 4.78 is 10.2. The van der Waals surface area contributed by atoms with E-state index in [-0.39, 0.29) is 0 Å². The lowest BCUT2D eigenvalue weighted by atomic mass is 9.73. The summed E-state index contributed by atoms with van der Waals surface area (Å²) in [5.41, 5.74) is 2.05. The van der Waals surface area contributed by atoms with E-state index in [0.717, 1.165) is 11.8 Å². The van der Waals surface area contributed by atoms with Crippen molar-refractivity contribution in [3.8, 4) is 0 Å². The van der Waals surface area contributed by atoms with E-state index in [2.05, 4.69) is 19.9 Å². The molecule has 2 unspecified atom stereocenters. The Morgan fingerprint density at radius 1 is 1.40 bits per heavy atom. The first-order chi connectivity index (χ1) is 7.16. The van der Waals surface area contributed by atoms with Gasteiger partial charge in [0, 0.05) is 7.11 Å². The molecule has 2 rings (SSSR count). The molecule has 86 valence electrons. The van der Waals surface area contributed by atoms with Crippen LogP contribution in [0.3, 0.4) is 0 Å². The lowest BCUT2D eigenvalue weighted by Gasteiger charge is -2.32. The first kappa shape index (κ1) is 11.2. The van der Waals surface area contributed by atoms with Gasteiger partial charge < -0.3 is 9.47 Å². The maximum absolute atomic E-state index is 5.35. The molecule has 2 aliphatic carbocycles. The molecule has 2 atom stereocenters. The van der Waals surface area contributed by atoms with E-state index in [9.17, 15) is 0 Å². The van der Waals surface area contributed by atoms with Gasteiger partial charge in [-0.2, -0.15) is 0 Å². The first-order valence-electron chi connectivity index (χ1n) is 5.93. The summed E-state index contributed by atoms with van der Waals surface area (Å²) in [6.45, 7) is 5.88. The number of hydrogen-bond acceptors (Lipinski definition) is 2. The Kier molecular flexibility index (Phi) is 3.17. The Labute approximate surface area is 92.6 Å². The quantitative estimate of drug-likeness (QED) is 0.403. The largest absolute Gasteiger partial charge is 0.359 e. The van der Waals surface area contributed by atoms with Crippen molar-refractivity contribution < 1.29 is 9.47 Å². The van der Waals surface area contributed by atoms with Crippen molar-refractivity contribution in [3.63, 3.8) is 0 Å². The van der Waals surface area contributed by atoms with Gasteiger partial charge in [-0.3, -0.25) is 0 Å². The van der Waals surface area contributed by atoms with Crippen LogP contribution in [-0.2, 0) is 9.47 Å². The highest BCUT2D eigenvalue weighted by atomic mass is 16.7. The van der Waals surface area contributed by atoms with E-state index in [4.69, 9.17) is 9.47 Å². The molecule has 0 radical (unpaired) electrons. The molecule has 0 saturated heterocycles. The average Bonchev–Trinajstić information content (AvgIpc) is 2.73. The second kappa shape index (κ2) is 4.26. The predicted molar refractivity (Wildman–Crippen MR) is 60.5 cm³/mol. The highest BCUT2D eigenvalue weighted by Crippen LogP contribution is 2.58. The Morgan fingerprint density at radius 3 is 2.80 bits per heavy atom. The van der Waals surface area contributed by atoms with Gasteiger partial charge in [-0.05, 0) is 36.5 Å². The van der Waals surface area contributed by atoms with Crippen LogP contribution in [-0.4, -0.2) is 20.5 Å². The topological polar surface area (TPSA) is 18.5 Å². The zero-order valence-electron chi connectivity index (χ0n) is 10.1. The lowest BCUT2D eigenvalue weighted by molar-refractivity contribution is -0.0191. The van der Waals surface area contributed by atoms with Gasteiger partial charge in [0.05, 0.1) is 6.61 Å². The lowest BCUT2D eigenvalue weighted by Crippen LogP contribution is -2.23. The summed E-state index contributed by atoms with van der Waals surface area (Å²) >= 11 is 0. The molecule has 0 aromatic rings. The zero-order valence-corrected chi connectivity index (χ0v) is 10.1. The van der Waals surface area contributed by atoms with Crippen LogP contribution >= 0.6 is 0 Å². The number of methoxy groups -OCH3 is 1. The number of hydrogen-bond donors (Lipinski definition) is 0. The second-order valence-corrected chi connectivity index (χ2v) is 5.37. The van der Waals surface area contributed by atoms with Crippen molar-refractivity contribution in [2.45, 2.75) is 33.1 Å². The minimum atomic E-state index is 0.401. The van der Waals surface area contributed by atoms with Crippen LogP contribution in [0, 0.1) is 17.3 Å². The summed E-state index contributed by atoms with van der Waals surface area (Å²) in [7, 11) is 1.66. The van der Waals surface area contributed by atoms with Gasteiger partial charge in [-0.25, -0.2) is 0 Å². The number of fused-ring (bicyclic) bond motifs is 2. The molecule has 0 spiro atoms. The van der Waals surface area contributed by atoms with Gasteiger partial charge in [0.25, 0.3) is 0 Å². The summed E-state index contributed by atoms with van der Waals surface area (Å²) in [4.78, 5) is 0. The number of ether oxygens (including phenoxy) is 2. The maximum atomic E-state index is 5.35. The van der Waals surface area contributed by atoms with Gasteiger partial charge in [0.1, 0.15) is 6.79 Å². The minimum absolute atomic E-state index is 0.401. The van der Waals surface area contributed by atoms with Gasteiger partial charge in [-0.15, -0.1) is 0 Å². The molecule has 0 amide bonds. The summed E-state index contributed by atoms with van der Waals surface area (Å²) in [5, 5.41) is 0. The van der Waals surface area contributed by atoms with Crippen LogP contribution < -0.4 is 0 Å². The van der Waals surface area contributed by atoms with Gasteiger partial charge in [-0.1, -0.05) is 25.5 Å². The van der Waals surface area contributed by atoms with Crippen LogP contribution in [0.4, 0.5) is 0 Å². The fourth-order valence-corrected chi connectivity index (χ4v) is 3.39. The van der Waals surface area contributed by atoms with Crippen molar-refractivity contribution in [1.29, 1.82) is 0 Å². The number of allylic oxidation sites excluding steroid dienone is 1. The molecule has 2 heteroatoms. The fourth-order valence-electron chi connectivity index (χ4n) is 3.39. The molecular formula is C13H22O2. The minimum Gasteiger partial charge on any atom is -0.359 e. The molecule has 0 aromatic carbocycles. The second-order valence-electron chi connectivity index (χ2n) is 5.37. The van der Waals surface area contributed by atoms with Gasteiger partial charge in [0.2, 0.25) is 0 Å². The Balaban J connectivity index is 1.96. The molecule has 15 heavy (non-hydrogen) atoms. The maximum Gasteiger partial charge on any atom is 0.146 e. The molecule has 0 heterocycles. The molecular weight excluding hydrogens is 188 g/mol. The van der Waals surface area contributed by atoms with Crippen molar-refractivity contribution in [2.24, 2.45) is 17.3 Å². The van der Waals surface area contributed by atoms with Gasteiger partial charge >= 0.3 is 0 Å². The van der Waals surface area contributed by atoms with Gasteiger partial charge in [0.15, 0.2) is 0 Å². The van der Waals surface area contributed by atoms with E-state index in [1.165, 1.54) is 19.3 Å². The van der Waals surface area contributed by atoms with Crippen LogP contribution in [0.1, 0.15) is 33.1 Å². The number of rotatable bonds is 4. The molecule has 2 bridgehead atoms. The van der Waals surface area contributed by atoms with E-state index in [0.29, 0.717) is 18.8 Å². The molecule has 2 aliphatic rings. The fraction of sp³-hybridized carbons (Fsp3) is 0.846. The monoisotopic (exact) mass is 210 g/mol. The Bertz CT molecular complexity index is 255. The highest BCUT2D eigenvalue weighted by molar-refractivity contribution is 5.26. The molecule has 0 aliphatic heterocycles. The summed E-state index contributed by atoms with van der Waals surface area (Å²) in [6.07, 6.45) is 6.52. The molecule has 0 N–H and O–H groups in total. The third-order valence-electron chi connectivity index (χ3n) is 4.26. The molecule has 0 aromatic heterocycles. The van der Waals surface area contributed by atoms with Crippen molar-refractivity contribution in [3.05, 3.63) is 11.6 Å². The van der Waals surface area contributed by atoms with Crippen molar-refractivity contribution >= 4 is 0 Å².